The van der Waals surface area contributed by atoms with Gasteiger partial charge in [0.25, 0.3) is 11.6 Å². The zero-order chi connectivity index (χ0) is 20.2. The summed E-state index contributed by atoms with van der Waals surface area (Å²) in [7, 11) is 0. The van der Waals surface area contributed by atoms with E-state index in [1.165, 1.54) is 17.8 Å². The summed E-state index contributed by atoms with van der Waals surface area (Å²) in [5, 5.41) is 21.2. The summed E-state index contributed by atoms with van der Waals surface area (Å²) in [6.45, 7) is 0. The molecule has 0 spiro atoms. The predicted molar refractivity (Wildman–Crippen MR) is 119 cm³/mol. The number of carbonyl (C=O) groups is 1. The van der Waals surface area contributed by atoms with E-state index in [-0.39, 0.29) is 23.4 Å². The summed E-state index contributed by atoms with van der Waals surface area (Å²) in [4.78, 5) is 25.6. The van der Waals surface area contributed by atoms with Gasteiger partial charge in [-0.05, 0) is 28.5 Å². The van der Waals surface area contributed by atoms with Crippen molar-refractivity contribution in [2.24, 2.45) is 5.10 Å². The number of hydrazone groups is 1. The van der Waals surface area contributed by atoms with Crippen LogP contribution in [0.4, 0.5) is 5.69 Å². The lowest BCUT2D eigenvalue weighted by molar-refractivity contribution is -0.384. The fraction of sp³-hybridized carbons (Fsp3) is 0.200. The second-order valence-electron chi connectivity index (χ2n) is 6.42. The summed E-state index contributed by atoms with van der Waals surface area (Å²) >= 11 is 4.70. The molecule has 0 N–H and O–H groups in total. The van der Waals surface area contributed by atoms with Gasteiger partial charge in [0, 0.05) is 29.2 Å². The molecule has 0 bridgehead atoms. The molecule has 6 nitrogen and oxygen atoms in total. The van der Waals surface area contributed by atoms with E-state index in [1.807, 2.05) is 41.1 Å². The number of hydrogen-bond donors (Lipinski definition) is 0. The maximum atomic E-state index is 12.9. The smallest absolute Gasteiger partial charge is 0.269 e. The number of non-ortho nitro benzene ring substituents is 1. The van der Waals surface area contributed by atoms with Gasteiger partial charge in [-0.25, -0.2) is 5.01 Å². The van der Waals surface area contributed by atoms with Crippen molar-refractivity contribution >= 4 is 51.7 Å². The summed E-state index contributed by atoms with van der Waals surface area (Å²) in [5.74, 6) is 0.753. The number of nitro benzene ring substituents is 1. The van der Waals surface area contributed by atoms with Crippen LogP contribution in [-0.2, 0) is 10.5 Å². The minimum atomic E-state index is -0.407. The maximum absolute atomic E-state index is 12.9. The Bertz CT molecular complexity index is 1030. The van der Waals surface area contributed by atoms with E-state index in [4.69, 9.17) is 0 Å². The molecule has 1 amide bonds. The number of thioether (sulfide) groups is 1. The van der Waals surface area contributed by atoms with Gasteiger partial charge in [-0.1, -0.05) is 24.3 Å². The number of amides is 1. The van der Waals surface area contributed by atoms with Gasteiger partial charge >= 0.3 is 0 Å². The van der Waals surface area contributed by atoms with Gasteiger partial charge in [0.15, 0.2) is 0 Å². The molecule has 1 aliphatic rings. The molecule has 0 radical (unpaired) electrons. The highest BCUT2D eigenvalue weighted by atomic mass is 32.2. The van der Waals surface area contributed by atoms with Crippen LogP contribution in [-0.4, -0.2) is 27.3 Å². The zero-order valence-electron chi connectivity index (χ0n) is 15.3. The molecule has 0 saturated carbocycles. The molecule has 1 aromatic carbocycles. The Morgan fingerprint density at radius 3 is 2.76 bits per heavy atom. The molecule has 3 aromatic rings. The summed E-state index contributed by atoms with van der Waals surface area (Å²) < 4.78 is 0. The first-order chi connectivity index (χ1) is 14.1. The standard InChI is InChI=1S/C20H17N3O3S3/c24-20(13-27-12-14-4-1-5-15(10-14)23(25)26)22-17(19-7-3-9-29-19)11-16(21-22)18-6-2-8-28-18/h1-10,17H,11-13H2. The molecule has 2 aromatic heterocycles. The first-order valence-electron chi connectivity index (χ1n) is 8.89. The highest BCUT2D eigenvalue weighted by Gasteiger charge is 2.33. The number of benzene rings is 1. The van der Waals surface area contributed by atoms with E-state index in [1.54, 1.807) is 39.8 Å². The van der Waals surface area contributed by atoms with Crippen LogP contribution >= 0.6 is 34.4 Å². The lowest BCUT2D eigenvalue weighted by atomic mass is 10.1. The minimum absolute atomic E-state index is 0.0506. The van der Waals surface area contributed by atoms with Crippen LogP contribution in [0.2, 0.25) is 0 Å². The van der Waals surface area contributed by atoms with E-state index in [9.17, 15) is 14.9 Å². The average molecular weight is 444 g/mol. The van der Waals surface area contributed by atoms with Crippen molar-refractivity contribution in [3.8, 4) is 0 Å². The molecule has 1 atom stereocenters. The number of rotatable bonds is 7. The van der Waals surface area contributed by atoms with Gasteiger partial charge < -0.3 is 0 Å². The van der Waals surface area contributed by atoms with Crippen LogP contribution in [0.25, 0.3) is 0 Å². The highest BCUT2D eigenvalue weighted by Crippen LogP contribution is 2.36. The molecule has 3 heterocycles. The monoisotopic (exact) mass is 443 g/mol. The Morgan fingerprint density at radius 2 is 2.03 bits per heavy atom. The average Bonchev–Trinajstić information content (AvgIpc) is 3.48. The van der Waals surface area contributed by atoms with Crippen LogP contribution in [0.1, 0.15) is 27.8 Å². The normalized spacial score (nSPS) is 16.1. The molecule has 29 heavy (non-hydrogen) atoms. The number of nitrogens with zero attached hydrogens (tertiary/aromatic N) is 3. The third-order valence-electron chi connectivity index (χ3n) is 4.46. The van der Waals surface area contributed by atoms with E-state index in [0.29, 0.717) is 12.2 Å². The third-order valence-corrected chi connectivity index (χ3v) is 7.34. The second-order valence-corrected chi connectivity index (χ2v) is 9.33. The van der Waals surface area contributed by atoms with Gasteiger partial charge in [-0.15, -0.1) is 34.4 Å². The topological polar surface area (TPSA) is 75.8 Å². The van der Waals surface area contributed by atoms with Crippen molar-refractivity contribution in [3.63, 3.8) is 0 Å². The Labute approximate surface area is 180 Å². The molecular formula is C20H17N3O3S3. The fourth-order valence-electron chi connectivity index (χ4n) is 3.12. The minimum Gasteiger partial charge on any atom is -0.272 e. The SMILES string of the molecule is O=C(CSCc1cccc([N+](=O)[O-])c1)N1N=C(c2cccs2)CC1c1cccs1. The van der Waals surface area contributed by atoms with Gasteiger partial charge in [0.2, 0.25) is 0 Å². The largest absolute Gasteiger partial charge is 0.272 e. The lowest BCUT2D eigenvalue weighted by Crippen LogP contribution is -2.28. The maximum Gasteiger partial charge on any atom is 0.269 e. The van der Waals surface area contributed by atoms with Crippen molar-refractivity contribution in [1.29, 1.82) is 0 Å². The van der Waals surface area contributed by atoms with E-state index in [2.05, 4.69) is 5.10 Å². The van der Waals surface area contributed by atoms with Crippen molar-refractivity contribution < 1.29 is 9.72 Å². The summed E-state index contributed by atoms with van der Waals surface area (Å²) in [5.41, 5.74) is 1.84. The van der Waals surface area contributed by atoms with E-state index < -0.39 is 4.92 Å². The predicted octanol–water partition coefficient (Wildman–Crippen LogP) is 5.33. The van der Waals surface area contributed by atoms with Crippen molar-refractivity contribution in [3.05, 3.63) is 84.7 Å². The fourth-order valence-corrected chi connectivity index (χ4v) is 5.47. The molecule has 1 aliphatic heterocycles. The number of carbonyl (C=O) groups excluding carboxylic acids is 1. The van der Waals surface area contributed by atoms with Crippen LogP contribution < -0.4 is 0 Å². The first-order valence-corrected chi connectivity index (χ1v) is 11.8. The van der Waals surface area contributed by atoms with Crippen LogP contribution in [0, 0.1) is 10.1 Å². The van der Waals surface area contributed by atoms with Crippen molar-refractivity contribution in [1.82, 2.24) is 5.01 Å². The molecule has 9 heteroatoms. The lowest BCUT2D eigenvalue weighted by Gasteiger charge is -2.20. The number of nitro groups is 1. The van der Waals surface area contributed by atoms with Gasteiger partial charge in [0.05, 0.1) is 27.3 Å². The molecule has 0 saturated heterocycles. The van der Waals surface area contributed by atoms with Crippen molar-refractivity contribution in [2.75, 3.05) is 5.75 Å². The molecule has 148 valence electrons. The van der Waals surface area contributed by atoms with Crippen LogP contribution in [0.15, 0.2) is 64.4 Å². The Balaban J connectivity index is 1.44. The molecule has 0 aliphatic carbocycles. The number of hydrogen-bond acceptors (Lipinski definition) is 7. The van der Waals surface area contributed by atoms with E-state index >= 15 is 0 Å². The second kappa shape index (κ2) is 8.89. The van der Waals surface area contributed by atoms with Gasteiger partial charge in [0.1, 0.15) is 0 Å². The third kappa shape index (κ3) is 4.58. The summed E-state index contributed by atoms with van der Waals surface area (Å²) in [6, 6.07) is 14.5. The van der Waals surface area contributed by atoms with Crippen molar-refractivity contribution in [2.45, 2.75) is 18.2 Å². The van der Waals surface area contributed by atoms with Crippen LogP contribution in [0.5, 0.6) is 0 Å². The zero-order valence-corrected chi connectivity index (χ0v) is 17.7. The Kier molecular flexibility index (Phi) is 6.08. The van der Waals surface area contributed by atoms with Gasteiger partial charge in [-0.2, -0.15) is 5.10 Å². The summed E-state index contributed by atoms with van der Waals surface area (Å²) in [6.07, 6.45) is 0.711. The molecular weight excluding hydrogens is 426 g/mol. The molecule has 1 unspecified atom stereocenters. The Hall–Kier alpha value is -2.49. The highest BCUT2D eigenvalue weighted by molar-refractivity contribution is 7.99. The van der Waals surface area contributed by atoms with Gasteiger partial charge in [-0.3, -0.25) is 14.9 Å². The quantitative estimate of drug-likeness (QED) is 0.365. The first kappa shape index (κ1) is 19.8. The number of thiophene rings is 2. The molecule has 0 fully saturated rings. The van der Waals surface area contributed by atoms with E-state index in [0.717, 1.165) is 21.0 Å². The Morgan fingerprint density at radius 1 is 1.21 bits per heavy atom. The molecule has 4 rings (SSSR count). The van der Waals surface area contributed by atoms with Crippen LogP contribution in [0.3, 0.4) is 0 Å².